The molecule has 17 heavy (non-hydrogen) atoms. The van der Waals surface area contributed by atoms with Crippen LogP contribution in [-0.4, -0.2) is 49.7 Å². The number of likely N-dealkylation sites (tertiary alicyclic amines) is 2. The molecule has 0 bridgehead atoms. The van der Waals surface area contributed by atoms with Crippen LogP contribution in [0, 0.1) is 5.41 Å². The van der Waals surface area contributed by atoms with Crippen LogP contribution in [0.5, 0.6) is 0 Å². The molecule has 2 rings (SSSR count). The molecule has 0 aromatic rings. The first kappa shape index (κ1) is 14.2. The SMILES string of the molecule is C=C.C=C(CCF)N1CCC2(CCN(C)C2)C1. The molecule has 0 radical (unpaired) electrons. The first-order valence-corrected chi connectivity index (χ1v) is 6.32. The lowest BCUT2D eigenvalue weighted by atomic mass is 9.86. The molecule has 0 N–H and O–H groups in total. The van der Waals surface area contributed by atoms with Gasteiger partial charge in [-0.15, -0.1) is 13.2 Å². The summed E-state index contributed by atoms with van der Waals surface area (Å²) < 4.78 is 12.2. The summed E-state index contributed by atoms with van der Waals surface area (Å²) in [5.74, 6) is 0. The van der Waals surface area contributed by atoms with Gasteiger partial charge in [-0.3, -0.25) is 4.39 Å². The largest absolute Gasteiger partial charge is 0.375 e. The van der Waals surface area contributed by atoms with E-state index in [0.29, 0.717) is 11.8 Å². The lowest BCUT2D eigenvalue weighted by Gasteiger charge is -2.25. The molecule has 2 saturated heterocycles. The van der Waals surface area contributed by atoms with Gasteiger partial charge >= 0.3 is 0 Å². The number of rotatable bonds is 3. The predicted octanol–water partition coefficient (Wildman–Crippen LogP) is 2.69. The van der Waals surface area contributed by atoms with Crippen molar-refractivity contribution < 1.29 is 4.39 Å². The Balaban J connectivity index is 0.000000686. The summed E-state index contributed by atoms with van der Waals surface area (Å²) in [5, 5.41) is 0. The fraction of sp³-hybridized carbons (Fsp3) is 0.714. The van der Waals surface area contributed by atoms with Gasteiger partial charge in [0, 0.05) is 37.2 Å². The summed E-state index contributed by atoms with van der Waals surface area (Å²) in [4.78, 5) is 4.69. The molecule has 2 heterocycles. The third-order valence-corrected chi connectivity index (χ3v) is 3.90. The first-order valence-electron chi connectivity index (χ1n) is 6.32. The average Bonchev–Trinajstić information content (AvgIpc) is 2.90. The molecule has 0 aliphatic carbocycles. The quantitative estimate of drug-likeness (QED) is 0.700. The summed E-state index contributed by atoms with van der Waals surface area (Å²) in [6, 6.07) is 0. The second-order valence-electron chi connectivity index (χ2n) is 5.16. The third kappa shape index (κ3) is 3.32. The van der Waals surface area contributed by atoms with Gasteiger partial charge in [-0.2, -0.15) is 0 Å². The monoisotopic (exact) mass is 240 g/mol. The van der Waals surface area contributed by atoms with Gasteiger partial charge in [-0.25, -0.2) is 0 Å². The van der Waals surface area contributed by atoms with Gasteiger partial charge in [0.25, 0.3) is 0 Å². The number of alkyl halides is 1. The third-order valence-electron chi connectivity index (χ3n) is 3.90. The van der Waals surface area contributed by atoms with Crippen molar-refractivity contribution in [2.45, 2.75) is 19.3 Å². The molecule has 0 amide bonds. The van der Waals surface area contributed by atoms with Crippen LogP contribution < -0.4 is 0 Å². The highest BCUT2D eigenvalue weighted by Gasteiger charge is 2.42. The van der Waals surface area contributed by atoms with E-state index in [0.717, 1.165) is 18.8 Å². The Labute approximate surface area is 105 Å². The predicted molar refractivity (Wildman–Crippen MR) is 71.7 cm³/mol. The van der Waals surface area contributed by atoms with Crippen molar-refractivity contribution in [3.8, 4) is 0 Å². The summed E-state index contributed by atoms with van der Waals surface area (Å²) in [7, 11) is 2.19. The van der Waals surface area contributed by atoms with Gasteiger partial charge in [0.1, 0.15) is 0 Å². The highest BCUT2D eigenvalue weighted by molar-refractivity contribution is 5.04. The maximum absolute atomic E-state index is 12.2. The van der Waals surface area contributed by atoms with Gasteiger partial charge in [0.05, 0.1) is 6.67 Å². The summed E-state index contributed by atoms with van der Waals surface area (Å²) >= 11 is 0. The van der Waals surface area contributed by atoms with E-state index in [1.54, 1.807) is 0 Å². The van der Waals surface area contributed by atoms with Crippen LogP contribution in [0.3, 0.4) is 0 Å². The molecule has 2 aliphatic heterocycles. The molecule has 2 aliphatic rings. The Morgan fingerprint density at radius 2 is 1.88 bits per heavy atom. The summed E-state index contributed by atoms with van der Waals surface area (Å²) in [6.45, 7) is 14.3. The van der Waals surface area contributed by atoms with E-state index in [2.05, 4.69) is 36.6 Å². The molecule has 1 unspecified atom stereocenters. The Morgan fingerprint density at radius 1 is 1.24 bits per heavy atom. The average molecular weight is 240 g/mol. The summed E-state index contributed by atoms with van der Waals surface area (Å²) in [5.41, 5.74) is 1.47. The zero-order chi connectivity index (χ0) is 12.9. The van der Waals surface area contributed by atoms with Gasteiger partial charge in [0.15, 0.2) is 0 Å². The Bertz CT molecular complexity index is 267. The maximum Gasteiger partial charge on any atom is 0.0948 e. The Morgan fingerprint density at radius 3 is 2.41 bits per heavy atom. The molecule has 0 aromatic heterocycles. The van der Waals surface area contributed by atoms with E-state index < -0.39 is 0 Å². The number of nitrogens with zero attached hydrogens (tertiary/aromatic N) is 2. The normalized spacial score (nSPS) is 28.2. The fourth-order valence-electron chi connectivity index (χ4n) is 2.96. The highest BCUT2D eigenvalue weighted by Crippen LogP contribution is 2.40. The van der Waals surface area contributed by atoms with Crippen molar-refractivity contribution in [3.63, 3.8) is 0 Å². The van der Waals surface area contributed by atoms with Crippen molar-refractivity contribution in [2.75, 3.05) is 39.9 Å². The van der Waals surface area contributed by atoms with Gasteiger partial charge in [0.2, 0.25) is 0 Å². The zero-order valence-corrected chi connectivity index (χ0v) is 11.1. The molecule has 2 nitrogen and oxygen atoms in total. The molecule has 3 heteroatoms. The van der Waals surface area contributed by atoms with E-state index in [1.807, 2.05) is 0 Å². The van der Waals surface area contributed by atoms with E-state index in [9.17, 15) is 4.39 Å². The molecule has 2 fully saturated rings. The van der Waals surface area contributed by atoms with E-state index >= 15 is 0 Å². The minimum Gasteiger partial charge on any atom is -0.375 e. The molecule has 1 spiro atoms. The first-order chi connectivity index (χ1) is 8.15. The molecule has 0 aromatic carbocycles. The van der Waals surface area contributed by atoms with Gasteiger partial charge in [-0.1, -0.05) is 6.58 Å². The number of hydrogen-bond acceptors (Lipinski definition) is 2. The minimum absolute atomic E-state index is 0.276. The van der Waals surface area contributed by atoms with Crippen molar-refractivity contribution in [1.82, 2.24) is 9.80 Å². The van der Waals surface area contributed by atoms with Crippen molar-refractivity contribution in [1.29, 1.82) is 0 Å². The van der Waals surface area contributed by atoms with Gasteiger partial charge in [-0.05, 0) is 26.4 Å². The fourth-order valence-corrected chi connectivity index (χ4v) is 2.96. The topological polar surface area (TPSA) is 6.48 Å². The summed E-state index contributed by atoms with van der Waals surface area (Å²) in [6.07, 6.45) is 3.05. The van der Waals surface area contributed by atoms with E-state index in [1.165, 1.54) is 25.9 Å². The van der Waals surface area contributed by atoms with Crippen molar-refractivity contribution >= 4 is 0 Å². The molecule has 1 atom stereocenters. The minimum atomic E-state index is -0.276. The van der Waals surface area contributed by atoms with Crippen LogP contribution >= 0.6 is 0 Å². The van der Waals surface area contributed by atoms with E-state index in [-0.39, 0.29) is 6.67 Å². The second kappa shape index (κ2) is 6.20. The smallest absolute Gasteiger partial charge is 0.0948 e. The molecule has 98 valence electrons. The van der Waals surface area contributed by atoms with Crippen molar-refractivity contribution in [2.24, 2.45) is 5.41 Å². The lowest BCUT2D eigenvalue weighted by molar-refractivity contribution is 0.275. The molecular formula is C14H25FN2. The van der Waals surface area contributed by atoms with E-state index in [4.69, 9.17) is 0 Å². The second-order valence-corrected chi connectivity index (χ2v) is 5.16. The molecule has 0 saturated carbocycles. The van der Waals surface area contributed by atoms with Crippen LogP contribution in [0.4, 0.5) is 4.39 Å². The maximum atomic E-state index is 12.2. The zero-order valence-electron chi connectivity index (χ0n) is 11.1. The van der Waals surface area contributed by atoms with Crippen LogP contribution in [0.25, 0.3) is 0 Å². The van der Waals surface area contributed by atoms with Crippen LogP contribution in [0.15, 0.2) is 25.4 Å². The lowest BCUT2D eigenvalue weighted by Crippen LogP contribution is -2.29. The number of allylic oxidation sites excluding steroid dienone is 1. The number of hydrogen-bond donors (Lipinski definition) is 0. The standard InChI is InChI=1S/C12H21FN2.C2H4/c1-11(3-6-13)15-8-5-12(10-15)4-7-14(2)9-12;1-2/h1,3-10H2,2H3;1-2H2. The van der Waals surface area contributed by atoms with Crippen LogP contribution in [0.2, 0.25) is 0 Å². The van der Waals surface area contributed by atoms with Crippen LogP contribution in [-0.2, 0) is 0 Å². The Kier molecular flexibility index (Phi) is 5.19. The van der Waals surface area contributed by atoms with Crippen LogP contribution in [0.1, 0.15) is 19.3 Å². The van der Waals surface area contributed by atoms with Crippen molar-refractivity contribution in [3.05, 3.63) is 25.4 Å². The highest BCUT2D eigenvalue weighted by atomic mass is 19.1. The molecular weight excluding hydrogens is 215 g/mol. The number of halogens is 1. The van der Waals surface area contributed by atoms with Gasteiger partial charge < -0.3 is 9.80 Å². The Hall–Kier alpha value is -0.830.